The first-order valence-corrected chi connectivity index (χ1v) is 5.77. The van der Waals surface area contributed by atoms with Crippen molar-refractivity contribution in [3.05, 3.63) is 28.8 Å². The van der Waals surface area contributed by atoms with Gasteiger partial charge in [-0.2, -0.15) is 0 Å². The number of ether oxygens (including phenoxy) is 1. The van der Waals surface area contributed by atoms with Crippen molar-refractivity contribution in [1.82, 2.24) is 5.32 Å². The van der Waals surface area contributed by atoms with E-state index in [1.165, 1.54) is 5.56 Å². The highest BCUT2D eigenvalue weighted by molar-refractivity contribution is 6.32. The molecule has 0 aliphatic rings. The molecular formula is C12H19Cl2NO. The summed E-state index contributed by atoms with van der Waals surface area (Å²) >= 11 is 6.07. The molecule has 1 aromatic rings. The number of halogens is 2. The minimum absolute atomic E-state index is 0. The second kappa shape index (κ2) is 8.68. The lowest BCUT2D eigenvalue weighted by atomic mass is 10.2. The molecule has 0 amide bonds. The molecule has 0 saturated heterocycles. The standard InChI is InChI=1S/C12H18ClNO.ClH/c1-3-7-14-9-10-5-6-12(15-4-2)11(13)8-10;/h5-6,8,14H,3-4,7,9H2,1-2H3;1H. The van der Waals surface area contributed by atoms with E-state index in [2.05, 4.69) is 12.2 Å². The quantitative estimate of drug-likeness (QED) is 0.792. The van der Waals surface area contributed by atoms with Crippen LogP contribution in [0.4, 0.5) is 0 Å². The monoisotopic (exact) mass is 263 g/mol. The number of hydrogen-bond acceptors (Lipinski definition) is 2. The van der Waals surface area contributed by atoms with Gasteiger partial charge in [0.15, 0.2) is 0 Å². The second-order valence-electron chi connectivity index (χ2n) is 3.37. The molecule has 0 unspecified atom stereocenters. The average molecular weight is 264 g/mol. The molecule has 2 nitrogen and oxygen atoms in total. The summed E-state index contributed by atoms with van der Waals surface area (Å²) in [5.41, 5.74) is 1.19. The lowest BCUT2D eigenvalue weighted by Gasteiger charge is -2.08. The van der Waals surface area contributed by atoms with Crippen molar-refractivity contribution in [2.24, 2.45) is 0 Å². The normalized spacial score (nSPS) is 9.69. The SMILES string of the molecule is CCCNCc1ccc(OCC)c(Cl)c1.Cl. The van der Waals surface area contributed by atoms with E-state index in [1.807, 2.05) is 25.1 Å². The zero-order valence-corrected chi connectivity index (χ0v) is 11.3. The Kier molecular flexibility index (Phi) is 8.44. The molecule has 0 spiro atoms. The topological polar surface area (TPSA) is 21.3 Å². The predicted octanol–water partition coefficient (Wildman–Crippen LogP) is 3.66. The second-order valence-corrected chi connectivity index (χ2v) is 3.78. The summed E-state index contributed by atoms with van der Waals surface area (Å²) in [6.07, 6.45) is 1.14. The third kappa shape index (κ3) is 5.06. The van der Waals surface area contributed by atoms with Crippen LogP contribution >= 0.6 is 24.0 Å². The van der Waals surface area contributed by atoms with E-state index < -0.39 is 0 Å². The van der Waals surface area contributed by atoms with Gasteiger partial charge in [-0.05, 0) is 37.6 Å². The number of benzene rings is 1. The highest BCUT2D eigenvalue weighted by Gasteiger charge is 2.01. The van der Waals surface area contributed by atoms with Gasteiger partial charge in [-0.15, -0.1) is 12.4 Å². The van der Waals surface area contributed by atoms with Crippen molar-refractivity contribution in [3.8, 4) is 5.75 Å². The summed E-state index contributed by atoms with van der Waals surface area (Å²) < 4.78 is 5.36. The van der Waals surface area contributed by atoms with Crippen LogP contribution in [0.5, 0.6) is 5.75 Å². The number of nitrogens with one attached hydrogen (secondary N) is 1. The van der Waals surface area contributed by atoms with Crippen LogP contribution in [0.2, 0.25) is 5.02 Å². The highest BCUT2D eigenvalue weighted by Crippen LogP contribution is 2.25. The Morgan fingerprint density at radius 2 is 2.06 bits per heavy atom. The van der Waals surface area contributed by atoms with Gasteiger partial charge in [0.25, 0.3) is 0 Å². The van der Waals surface area contributed by atoms with Gasteiger partial charge in [-0.25, -0.2) is 0 Å². The Hall–Kier alpha value is -0.440. The molecular weight excluding hydrogens is 245 g/mol. The maximum absolute atomic E-state index is 6.07. The average Bonchev–Trinajstić information content (AvgIpc) is 2.23. The van der Waals surface area contributed by atoms with Crippen molar-refractivity contribution in [1.29, 1.82) is 0 Å². The number of rotatable bonds is 6. The predicted molar refractivity (Wildman–Crippen MR) is 71.9 cm³/mol. The van der Waals surface area contributed by atoms with E-state index in [9.17, 15) is 0 Å². The molecule has 0 atom stereocenters. The molecule has 92 valence electrons. The van der Waals surface area contributed by atoms with Gasteiger partial charge >= 0.3 is 0 Å². The fourth-order valence-electron chi connectivity index (χ4n) is 1.34. The van der Waals surface area contributed by atoms with Crippen molar-refractivity contribution < 1.29 is 4.74 Å². The van der Waals surface area contributed by atoms with E-state index >= 15 is 0 Å². The van der Waals surface area contributed by atoms with Crippen LogP contribution in [-0.4, -0.2) is 13.2 Å². The van der Waals surface area contributed by atoms with Crippen molar-refractivity contribution in [2.75, 3.05) is 13.2 Å². The Bertz CT molecular complexity index is 305. The summed E-state index contributed by atoms with van der Waals surface area (Å²) in [4.78, 5) is 0. The van der Waals surface area contributed by atoms with E-state index in [0.717, 1.165) is 25.3 Å². The van der Waals surface area contributed by atoms with Gasteiger partial charge in [0.2, 0.25) is 0 Å². The molecule has 0 aromatic heterocycles. The van der Waals surface area contributed by atoms with Gasteiger partial charge in [0.1, 0.15) is 5.75 Å². The van der Waals surface area contributed by atoms with Crippen LogP contribution < -0.4 is 10.1 Å². The lowest BCUT2D eigenvalue weighted by molar-refractivity contribution is 0.340. The molecule has 0 aliphatic heterocycles. The molecule has 1 rings (SSSR count). The molecule has 0 aliphatic carbocycles. The molecule has 1 N–H and O–H groups in total. The Balaban J connectivity index is 0.00000225. The van der Waals surface area contributed by atoms with E-state index in [-0.39, 0.29) is 12.4 Å². The molecule has 0 saturated carbocycles. The smallest absolute Gasteiger partial charge is 0.137 e. The molecule has 0 fully saturated rings. The lowest BCUT2D eigenvalue weighted by Crippen LogP contribution is -2.13. The van der Waals surface area contributed by atoms with E-state index in [4.69, 9.17) is 16.3 Å². The third-order valence-corrected chi connectivity index (χ3v) is 2.35. The van der Waals surface area contributed by atoms with Crippen molar-refractivity contribution in [3.63, 3.8) is 0 Å². The zero-order chi connectivity index (χ0) is 11.1. The first kappa shape index (κ1) is 15.6. The van der Waals surface area contributed by atoms with Crippen LogP contribution in [0.3, 0.4) is 0 Å². The van der Waals surface area contributed by atoms with Gasteiger partial charge in [0, 0.05) is 6.54 Å². The molecule has 0 heterocycles. The van der Waals surface area contributed by atoms with Crippen LogP contribution in [0.15, 0.2) is 18.2 Å². The first-order chi connectivity index (χ1) is 7.27. The minimum Gasteiger partial charge on any atom is -0.492 e. The molecule has 0 bridgehead atoms. The van der Waals surface area contributed by atoms with Gasteiger partial charge in [-0.1, -0.05) is 24.6 Å². The van der Waals surface area contributed by atoms with E-state index in [0.29, 0.717) is 11.6 Å². The summed E-state index contributed by atoms with van der Waals surface area (Å²) in [6.45, 7) is 6.64. The largest absolute Gasteiger partial charge is 0.492 e. The summed E-state index contributed by atoms with van der Waals surface area (Å²) in [7, 11) is 0. The Morgan fingerprint density at radius 3 is 2.62 bits per heavy atom. The maximum atomic E-state index is 6.07. The van der Waals surface area contributed by atoms with E-state index in [1.54, 1.807) is 0 Å². The number of hydrogen-bond donors (Lipinski definition) is 1. The summed E-state index contributed by atoms with van der Waals surface area (Å²) in [5.74, 6) is 0.762. The van der Waals surface area contributed by atoms with Gasteiger partial charge in [-0.3, -0.25) is 0 Å². The van der Waals surface area contributed by atoms with Crippen LogP contribution in [0.25, 0.3) is 0 Å². The molecule has 1 aromatic carbocycles. The maximum Gasteiger partial charge on any atom is 0.137 e. The van der Waals surface area contributed by atoms with Crippen molar-refractivity contribution >= 4 is 24.0 Å². The third-order valence-electron chi connectivity index (χ3n) is 2.05. The molecule has 4 heteroatoms. The summed E-state index contributed by atoms with van der Waals surface area (Å²) in [5, 5.41) is 4.02. The minimum atomic E-state index is 0. The van der Waals surface area contributed by atoms with Crippen LogP contribution in [-0.2, 0) is 6.54 Å². The van der Waals surface area contributed by atoms with Gasteiger partial charge in [0.05, 0.1) is 11.6 Å². The Labute approximate surface area is 109 Å². The highest BCUT2D eigenvalue weighted by atomic mass is 35.5. The van der Waals surface area contributed by atoms with Gasteiger partial charge < -0.3 is 10.1 Å². The zero-order valence-electron chi connectivity index (χ0n) is 9.75. The van der Waals surface area contributed by atoms with Crippen LogP contribution in [0, 0.1) is 0 Å². The Morgan fingerprint density at radius 1 is 1.31 bits per heavy atom. The van der Waals surface area contributed by atoms with Crippen LogP contribution in [0.1, 0.15) is 25.8 Å². The van der Waals surface area contributed by atoms with Crippen molar-refractivity contribution in [2.45, 2.75) is 26.8 Å². The fourth-order valence-corrected chi connectivity index (χ4v) is 1.59. The molecule has 0 radical (unpaired) electrons. The fraction of sp³-hybridized carbons (Fsp3) is 0.500. The first-order valence-electron chi connectivity index (χ1n) is 5.39. The molecule has 16 heavy (non-hydrogen) atoms. The summed E-state index contributed by atoms with van der Waals surface area (Å²) in [6, 6.07) is 5.92.